The topological polar surface area (TPSA) is 8.17 Å². The zero-order chi connectivity index (χ0) is 37.0. The van der Waals surface area contributed by atoms with Crippen LogP contribution in [0, 0.1) is 0 Å². The van der Waals surface area contributed by atoms with Crippen LogP contribution in [0.15, 0.2) is 218 Å². The lowest BCUT2D eigenvalue weighted by Gasteiger charge is -2.27. The van der Waals surface area contributed by atoms with Crippen LogP contribution in [0.1, 0.15) is 0 Å². The lowest BCUT2D eigenvalue weighted by atomic mass is 9.90. The number of nitrogens with zero attached hydrogens (tertiary/aromatic N) is 2. The van der Waals surface area contributed by atoms with E-state index in [2.05, 4.69) is 228 Å². The molecule has 0 atom stereocenters. The van der Waals surface area contributed by atoms with Crippen molar-refractivity contribution >= 4 is 71.2 Å². The molecule has 2 nitrogen and oxygen atoms in total. The quantitative estimate of drug-likeness (QED) is 0.156. The molecule has 10 aromatic carbocycles. The van der Waals surface area contributed by atoms with E-state index in [9.17, 15) is 0 Å². The molecule has 0 saturated heterocycles. The first-order chi connectivity index (χ1) is 27.8. The van der Waals surface area contributed by atoms with E-state index in [1.54, 1.807) is 0 Å². The summed E-state index contributed by atoms with van der Waals surface area (Å²) in [6.45, 7) is 0. The maximum Gasteiger partial charge on any atom is 0.0562 e. The summed E-state index contributed by atoms with van der Waals surface area (Å²) in [5.74, 6) is 0. The first kappa shape index (κ1) is 32.0. The first-order valence-corrected chi connectivity index (χ1v) is 19.3. The van der Waals surface area contributed by atoms with Crippen LogP contribution in [0.3, 0.4) is 0 Å². The number of hydrogen-bond acceptors (Lipinski definition) is 1. The van der Waals surface area contributed by atoms with Crippen molar-refractivity contribution in [2.24, 2.45) is 0 Å². The second-order valence-corrected chi connectivity index (χ2v) is 14.5. The Morgan fingerprint density at radius 3 is 1.75 bits per heavy atom. The zero-order valence-electron chi connectivity index (χ0n) is 30.7. The standard InChI is InChI=1S/C54H36N2/c1-3-15-37(16-4-1)40-19-13-22-44(35-40)55(51-27-14-28-52-54(51)48-25-11-12-26-50(48)56(52)42-20-5-2-6-21-42)43-32-29-39(30-33-43)49-36-41-18-8-10-24-46(41)53-45-23-9-7-17-38(45)31-34-47(49)53/h1-36H. The molecule has 0 fully saturated rings. The minimum absolute atomic E-state index is 1.10. The van der Waals surface area contributed by atoms with Crippen LogP contribution in [0.25, 0.3) is 82.1 Å². The Bertz CT molecular complexity index is 3220. The molecule has 0 aliphatic rings. The summed E-state index contributed by atoms with van der Waals surface area (Å²) in [5.41, 5.74) is 11.6. The Hall–Kier alpha value is -7.42. The molecule has 11 aromatic rings. The van der Waals surface area contributed by atoms with E-state index >= 15 is 0 Å². The fourth-order valence-corrected chi connectivity index (χ4v) is 8.82. The molecule has 0 bridgehead atoms. The number of benzene rings is 10. The summed E-state index contributed by atoms with van der Waals surface area (Å²) in [7, 11) is 0. The summed E-state index contributed by atoms with van der Waals surface area (Å²) >= 11 is 0. The zero-order valence-corrected chi connectivity index (χ0v) is 30.7. The Balaban J connectivity index is 1.14. The molecular weight excluding hydrogens is 677 g/mol. The molecule has 2 heteroatoms. The maximum absolute atomic E-state index is 2.44. The molecule has 11 rings (SSSR count). The van der Waals surface area contributed by atoms with Gasteiger partial charge in [0.25, 0.3) is 0 Å². The summed E-state index contributed by atoms with van der Waals surface area (Å²) in [6.07, 6.45) is 0. The van der Waals surface area contributed by atoms with Crippen molar-refractivity contribution in [1.82, 2.24) is 4.57 Å². The van der Waals surface area contributed by atoms with Crippen LogP contribution in [-0.4, -0.2) is 4.57 Å². The monoisotopic (exact) mass is 712 g/mol. The molecular formula is C54H36N2. The third-order valence-electron chi connectivity index (χ3n) is 11.3. The third kappa shape index (κ3) is 5.19. The number of hydrogen-bond donors (Lipinski definition) is 0. The van der Waals surface area contributed by atoms with Gasteiger partial charge in [0.15, 0.2) is 0 Å². The van der Waals surface area contributed by atoms with E-state index < -0.39 is 0 Å². The number of fused-ring (bicyclic) bond motifs is 8. The van der Waals surface area contributed by atoms with Crippen LogP contribution < -0.4 is 4.90 Å². The van der Waals surface area contributed by atoms with Gasteiger partial charge in [-0.1, -0.05) is 158 Å². The fraction of sp³-hybridized carbons (Fsp3) is 0. The Morgan fingerprint density at radius 1 is 0.321 bits per heavy atom. The molecule has 0 aliphatic carbocycles. The van der Waals surface area contributed by atoms with Gasteiger partial charge in [-0.25, -0.2) is 0 Å². The predicted octanol–water partition coefficient (Wildman–Crippen LogP) is 15.0. The molecule has 0 spiro atoms. The number of aromatic nitrogens is 1. The van der Waals surface area contributed by atoms with E-state index in [1.165, 1.54) is 76.4 Å². The van der Waals surface area contributed by atoms with Crippen molar-refractivity contribution < 1.29 is 0 Å². The highest BCUT2D eigenvalue weighted by Gasteiger charge is 2.22. The van der Waals surface area contributed by atoms with Gasteiger partial charge in [0.05, 0.1) is 16.7 Å². The first-order valence-electron chi connectivity index (χ1n) is 19.3. The second kappa shape index (κ2) is 13.2. The van der Waals surface area contributed by atoms with E-state index in [0.29, 0.717) is 0 Å². The lowest BCUT2D eigenvalue weighted by molar-refractivity contribution is 1.18. The van der Waals surface area contributed by atoms with Gasteiger partial charge in [0, 0.05) is 27.8 Å². The van der Waals surface area contributed by atoms with Crippen molar-refractivity contribution in [3.63, 3.8) is 0 Å². The molecule has 0 radical (unpaired) electrons. The molecule has 262 valence electrons. The highest BCUT2D eigenvalue weighted by atomic mass is 15.1. The molecule has 0 unspecified atom stereocenters. The molecule has 0 aliphatic heterocycles. The number of para-hydroxylation sites is 2. The minimum Gasteiger partial charge on any atom is -0.310 e. The van der Waals surface area contributed by atoms with Crippen molar-refractivity contribution in [2.75, 3.05) is 4.90 Å². The minimum atomic E-state index is 1.10. The number of anilines is 3. The highest BCUT2D eigenvalue weighted by molar-refractivity contribution is 6.24. The summed E-state index contributed by atoms with van der Waals surface area (Å²) in [6, 6.07) is 79.5. The van der Waals surface area contributed by atoms with E-state index in [0.717, 1.165) is 22.7 Å². The Morgan fingerprint density at radius 2 is 0.946 bits per heavy atom. The largest absolute Gasteiger partial charge is 0.310 e. The van der Waals surface area contributed by atoms with Crippen molar-refractivity contribution in [2.45, 2.75) is 0 Å². The van der Waals surface area contributed by atoms with E-state index in [1.807, 2.05) is 0 Å². The molecule has 56 heavy (non-hydrogen) atoms. The lowest BCUT2D eigenvalue weighted by Crippen LogP contribution is -2.10. The van der Waals surface area contributed by atoms with Gasteiger partial charge in [-0.05, 0) is 115 Å². The summed E-state index contributed by atoms with van der Waals surface area (Å²) in [4.78, 5) is 2.44. The molecule has 0 N–H and O–H groups in total. The van der Waals surface area contributed by atoms with Crippen molar-refractivity contribution in [3.05, 3.63) is 218 Å². The second-order valence-electron chi connectivity index (χ2n) is 14.5. The molecule has 0 saturated carbocycles. The SMILES string of the molecule is c1ccc(-c2cccc(N(c3ccc(-c4cc5ccccc5c5c4ccc4ccccc45)cc3)c3cccc4c3c3ccccc3n4-c3ccccc3)c2)cc1. The summed E-state index contributed by atoms with van der Waals surface area (Å²) < 4.78 is 2.39. The van der Waals surface area contributed by atoms with Crippen molar-refractivity contribution in [1.29, 1.82) is 0 Å². The van der Waals surface area contributed by atoms with E-state index in [-0.39, 0.29) is 0 Å². The van der Waals surface area contributed by atoms with Gasteiger partial charge in [-0.15, -0.1) is 0 Å². The predicted molar refractivity (Wildman–Crippen MR) is 239 cm³/mol. The number of rotatable bonds is 6. The highest BCUT2D eigenvalue weighted by Crippen LogP contribution is 2.45. The van der Waals surface area contributed by atoms with Crippen LogP contribution >= 0.6 is 0 Å². The van der Waals surface area contributed by atoms with Gasteiger partial charge in [0.2, 0.25) is 0 Å². The molecule has 1 heterocycles. The molecule has 1 aromatic heterocycles. The normalized spacial score (nSPS) is 11.6. The average molecular weight is 713 g/mol. The van der Waals surface area contributed by atoms with Crippen LogP contribution in [0.5, 0.6) is 0 Å². The van der Waals surface area contributed by atoms with Gasteiger partial charge in [0.1, 0.15) is 0 Å². The maximum atomic E-state index is 2.44. The van der Waals surface area contributed by atoms with Gasteiger partial charge < -0.3 is 9.47 Å². The fourth-order valence-electron chi connectivity index (χ4n) is 8.82. The van der Waals surface area contributed by atoms with Crippen LogP contribution in [0.2, 0.25) is 0 Å². The molecule has 0 amide bonds. The van der Waals surface area contributed by atoms with Crippen LogP contribution in [-0.2, 0) is 0 Å². The Labute approximate surface area is 325 Å². The summed E-state index contributed by atoms with van der Waals surface area (Å²) in [5, 5.41) is 10.1. The smallest absolute Gasteiger partial charge is 0.0562 e. The third-order valence-corrected chi connectivity index (χ3v) is 11.3. The average Bonchev–Trinajstić information content (AvgIpc) is 3.62. The van der Waals surface area contributed by atoms with E-state index in [4.69, 9.17) is 0 Å². The Kier molecular flexibility index (Phi) is 7.53. The van der Waals surface area contributed by atoms with Gasteiger partial charge >= 0.3 is 0 Å². The van der Waals surface area contributed by atoms with Crippen LogP contribution in [0.4, 0.5) is 17.1 Å². The van der Waals surface area contributed by atoms with Gasteiger partial charge in [-0.3, -0.25) is 0 Å². The van der Waals surface area contributed by atoms with Crippen molar-refractivity contribution in [3.8, 4) is 27.9 Å². The van der Waals surface area contributed by atoms with Gasteiger partial charge in [-0.2, -0.15) is 0 Å².